The van der Waals surface area contributed by atoms with Crippen LogP contribution in [-0.4, -0.2) is 39.3 Å². The van der Waals surface area contributed by atoms with Crippen LogP contribution in [-0.2, 0) is 14.8 Å². The maximum atomic E-state index is 11.6. The van der Waals surface area contributed by atoms with Crippen molar-refractivity contribution in [2.24, 2.45) is 5.41 Å². The Labute approximate surface area is 96.4 Å². The van der Waals surface area contributed by atoms with Crippen LogP contribution in [0.25, 0.3) is 0 Å². The number of sulfonamides is 1. The minimum absolute atomic E-state index is 0.00301. The van der Waals surface area contributed by atoms with Crippen molar-refractivity contribution in [3.05, 3.63) is 0 Å². The second-order valence-electron chi connectivity index (χ2n) is 4.51. The van der Waals surface area contributed by atoms with E-state index in [0.717, 1.165) is 0 Å². The van der Waals surface area contributed by atoms with E-state index >= 15 is 0 Å². The second kappa shape index (κ2) is 4.57. The van der Waals surface area contributed by atoms with Gasteiger partial charge in [-0.3, -0.25) is 0 Å². The number of nitrogens with one attached hydrogen (secondary N) is 1. The zero-order valence-electron chi connectivity index (χ0n) is 9.29. The van der Waals surface area contributed by atoms with Gasteiger partial charge >= 0.3 is 0 Å². The van der Waals surface area contributed by atoms with Crippen molar-refractivity contribution < 1.29 is 13.2 Å². The highest BCUT2D eigenvalue weighted by molar-refractivity contribution is 7.89. The van der Waals surface area contributed by atoms with E-state index in [-0.39, 0.29) is 29.2 Å². The molecule has 90 valence electrons. The van der Waals surface area contributed by atoms with Gasteiger partial charge in [-0.2, -0.15) is 0 Å². The Morgan fingerprint density at radius 1 is 1.53 bits per heavy atom. The third-order valence-electron chi connectivity index (χ3n) is 3.03. The molecule has 0 aromatic carbocycles. The monoisotopic (exact) mass is 255 g/mol. The molecule has 2 atom stereocenters. The van der Waals surface area contributed by atoms with E-state index in [4.69, 9.17) is 16.3 Å². The largest absolute Gasteiger partial charge is 0.384 e. The highest BCUT2D eigenvalue weighted by Gasteiger charge is 2.48. The maximum Gasteiger partial charge on any atom is 0.214 e. The van der Waals surface area contributed by atoms with E-state index in [9.17, 15) is 8.42 Å². The molecule has 0 aliphatic heterocycles. The van der Waals surface area contributed by atoms with Crippen LogP contribution in [0.2, 0.25) is 0 Å². The highest BCUT2D eigenvalue weighted by atomic mass is 35.5. The molecule has 1 fully saturated rings. The molecule has 0 amide bonds. The standard InChI is InChI=1S/C9H18ClNO3S/c1-9(2)7(10)6-8(9)11-15(12,13)5-4-14-3/h7-8,11H,4-6H2,1-3H3. The Morgan fingerprint density at radius 3 is 2.53 bits per heavy atom. The van der Waals surface area contributed by atoms with Gasteiger partial charge in [0.25, 0.3) is 0 Å². The van der Waals surface area contributed by atoms with E-state index in [1.165, 1.54) is 7.11 Å². The third-order valence-corrected chi connectivity index (χ3v) is 5.11. The van der Waals surface area contributed by atoms with Crippen molar-refractivity contribution >= 4 is 21.6 Å². The Kier molecular flexibility index (Phi) is 4.03. The molecule has 0 heterocycles. The lowest BCUT2D eigenvalue weighted by Gasteiger charge is -2.48. The summed E-state index contributed by atoms with van der Waals surface area (Å²) in [5, 5.41) is 0.0487. The lowest BCUT2D eigenvalue weighted by molar-refractivity contribution is 0.137. The van der Waals surface area contributed by atoms with Crippen molar-refractivity contribution in [1.29, 1.82) is 0 Å². The molecule has 1 saturated carbocycles. The Bertz CT molecular complexity index is 315. The summed E-state index contributed by atoms with van der Waals surface area (Å²) in [6.45, 7) is 4.15. The first-order valence-corrected chi connectivity index (χ1v) is 7.01. The lowest BCUT2D eigenvalue weighted by Crippen LogP contribution is -2.59. The van der Waals surface area contributed by atoms with Crippen LogP contribution in [0, 0.1) is 5.41 Å². The van der Waals surface area contributed by atoms with Crippen molar-refractivity contribution in [2.45, 2.75) is 31.7 Å². The van der Waals surface area contributed by atoms with E-state index in [0.29, 0.717) is 6.42 Å². The molecule has 0 saturated heterocycles. The molecule has 4 nitrogen and oxygen atoms in total. The topological polar surface area (TPSA) is 55.4 Å². The predicted molar refractivity (Wildman–Crippen MR) is 60.6 cm³/mol. The molecule has 1 aliphatic rings. The SMILES string of the molecule is COCCS(=O)(=O)NC1CC(Cl)C1(C)C. The van der Waals surface area contributed by atoms with E-state index in [2.05, 4.69) is 4.72 Å². The molecule has 0 radical (unpaired) electrons. The van der Waals surface area contributed by atoms with Gasteiger partial charge in [-0.05, 0) is 11.8 Å². The van der Waals surface area contributed by atoms with E-state index in [1.54, 1.807) is 0 Å². The molecule has 2 unspecified atom stereocenters. The van der Waals surface area contributed by atoms with Crippen LogP contribution in [0.1, 0.15) is 20.3 Å². The van der Waals surface area contributed by atoms with Crippen LogP contribution in [0.5, 0.6) is 0 Å². The van der Waals surface area contributed by atoms with Gasteiger partial charge in [0.05, 0.1) is 12.4 Å². The number of alkyl halides is 1. The molecule has 0 aromatic rings. The Morgan fingerprint density at radius 2 is 2.13 bits per heavy atom. The van der Waals surface area contributed by atoms with Crippen LogP contribution in [0.4, 0.5) is 0 Å². The summed E-state index contributed by atoms with van der Waals surface area (Å²) in [6.07, 6.45) is 0.695. The third kappa shape index (κ3) is 3.06. The van der Waals surface area contributed by atoms with Gasteiger partial charge in [-0.25, -0.2) is 13.1 Å². The average molecular weight is 256 g/mol. The Balaban J connectivity index is 2.49. The lowest BCUT2D eigenvalue weighted by atomic mass is 9.67. The minimum Gasteiger partial charge on any atom is -0.384 e. The molecule has 1 aliphatic carbocycles. The van der Waals surface area contributed by atoms with Crippen molar-refractivity contribution in [1.82, 2.24) is 4.72 Å². The summed E-state index contributed by atoms with van der Waals surface area (Å²) in [6, 6.07) is -0.0538. The summed E-state index contributed by atoms with van der Waals surface area (Å²) in [4.78, 5) is 0. The van der Waals surface area contributed by atoms with E-state index in [1.807, 2.05) is 13.8 Å². The van der Waals surface area contributed by atoms with Crippen molar-refractivity contribution in [3.63, 3.8) is 0 Å². The highest BCUT2D eigenvalue weighted by Crippen LogP contribution is 2.44. The van der Waals surface area contributed by atoms with Crippen molar-refractivity contribution in [3.8, 4) is 0 Å². The fourth-order valence-electron chi connectivity index (χ4n) is 1.54. The number of ether oxygens (including phenoxy) is 1. The number of hydrogen-bond donors (Lipinski definition) is 1. The zero-order chi connectivity index (χ0) is 11.7. The van der Waals surface area contributed by atoms with E-state index < -0.39 is 10.0 Å². The van der Waals surface area contributed by atoms with Crippen LogP contribution >= 0.6 is 11.6 Å². The molecular weight excluding hydrogens is 238 g/mol. The minimum atomic E-state index is -3.23. The number of methoxy groups -OCH3 is 1. The van der Waals surface area contributed by atoms with Gasteiger partial charge in [-0.1, -0.05) is 13.8 Å². The second-order valence-corrected chi connectivity index (χ2v) is 6.91. The summed E-state index contributed by atoms with van der Waals surface area (Å²) in [7, 11) is -1.75. The smallest absolute Gasteiger partial charge is 0.214 e. The summed E-state index contributed by atoms with van der Waals surface area (Å²) >= 11 is 6.01. The fraction of sp³-hybridized carbons (Fsp3) is 1.00. The summed E-state index contributed by atoms with van der Waals surface area (Å²) in [5.74, 6) is 0.00301. The average Bonchev–Trinajstić information content (AvgIpc) is 2.14. The quantitative estimate of drug-likeness (QED) is 0.745. The van der Waals surface area contributed by atoms with Gasteiger partial charge in [0.15, 0.2) is 0 Å². The molecule has 1 rings (SSSR count). The van der Waals surface area contributed by atoms with Crippen LogP contribution < -0.4 is 4.72 Å². The molecular formula is C9H18ClNO3S. The first kappa shape index (κ1) is 13.2. The van der Waals surface area contributed by atoms with Gasteiger partial charge < -0.3 is 4.74 Å². The van der Waals surface area contributed by atoms with Gasteiger partial charge in [0, 0.05) is 18.5 Å². The molecule has 0 spiro atoms. The van der Waals surface area contributed by atoms with Crippen molar-refractivity contribution in [2.75, 3.05) is 19.5 Å². The fourth-order valence-corrected chi connectivity index (χ4v) is 3.21. The maximum absolute atomic E-state index is 11.6. The molecule has 0 bridgehead atoms. The first-order chi connectivity index (χ1) is 6.79. The molecule has 15 heavy (non-hydrogen) atoms. The van der Waals surface area contributed by atoms with Crippen LogP contribution in [0.15, 0.2) is 0 Å². The number of halogens is 1. The summed E-state index contributed by atoms with van der Waals surface area (Å²) in [5.41, 5.74) is -0.165. The van der Waals surface area contributed by atoms with Gasteiger partial charge in [0.2, 0.25) is 10.0 Å². The zero-order valence-corrected chi connectivity index (χ0v) is 10.9. The predicted octanol–water partition coefficient (Wildman–Crippen LogP) is 0.958. The van der Waals surface area contributed by atoms with Crippen LogP contribution in [0.3, 0.4) is 0 Å². The molecule has 1 N–H and O–H groups in total. The summed E-state index contributed by atoms with van der Waals surface area (Å²) < 4.78 is 30.5. The molecule has 0 aromatic heterocycles. The molecule has 6 heteroatoms. The normalized spacial score (nSPS) is 29.9. The first-order valence-electron chi connectivity index (χ1n) is 4.92. The Hall–Kier alpha value is 0.160. The number of rotatable bonds is 5. The van der Waals surface area contributed by atoms with Gasteiger partial charge in [-0.15, -0.1) is 11.6 Å². The number of hydrogen-bond acceptors (Lipinski definition) is 3. The van der Waals surface area contributed by atoms with Gasteiger partial charge in [0.1, 0.15) is 0 Å².